The van der Waals surface area contributed by atoms with Crippen LogP contribution in [0.2, 0.25) is 5.02 Å². The molecule has 2 rings (SSSR count). The van der Waals surface area contributed by atoms with E-state index in [9.17, 15) is 0 Å². The molecule has 2 nitrogen and oxygen atoms in total. The van der Waals surface area contributed by atoms with Crippen molar-refractivity contribution in [3.05, 3.63) is 27.7 Å². The van der Waals surface area contributed by atoms with Crippen LogP contribution < -0.4 is 10.2 Å². The largest absolute Gasteiger partial charge is 0.365 e. The quantitative estimate of drug-likeness (QED) is 0.859. The van der Waals surface area contributed by atoms with Crippen molar-refractivity contribution in [3.8, 4) is 0 Å². The molecule has 19 heavy (non-hydrogen) atoms. The first kappa shape index (κ1) is 15.1. The Morgan fingerprint density at radius 3 is 2.68 bits per heavy atom. The predicted molar refractivity (Wildman–Crippen MR) is 87.2 cm³/mol. The first-order valence-corrected chi connectivity index (χ1v) is 7.94. The second-order valence-electron chi connectivity index (χ2n) is 6.30. The Bertz CT molecular complexity index is 459. The molecular formula is C15H22BrClN2. The van der Waals surface area contributed by atoms with E-state index in [-0.39, 0.29) is 5.54 Å². The molecule has 1 aliphatic rings. The molecule has 1 heterocycles. The molecule has 1 aliphatic heterocycles. The average molecular weight is 346 g/mol. The molecule has 0 aromatic heterocycles. The fourth-order valence-electron chi connectivity index (χ4n) is 2.63. The summed E-state index contributed by atoms with van der Waals surface area (Å²) in [4.78, 5) is 2.50. The summed E-state index contributed by atoms with van der Waals surface area (Å²) in [5.41, 5.74) is 1.38. The number of hydrogen-bond acceptors (Lipinski definition) is 2. The maximum Gasteiger partial charge on any atom is 0.0549 e. The van der Waals surface area contributed by atoms with Crippen LogP contribution in [0.4, 0.5) is 5.69 Å². The molecule has 1 N–H and O–H groups in total. The van der Waals surface area contributed by atoms with Crippen LogP contribution in [0.25, 0.3) is 0 Å². The highest BCUT2D eigenvalue weighted by Gasteiger charge is 2.34. The van der Waals surface area contributed by atoms with E-state index in [0.29, 0.717) is 12.0 Å². The number of halogens is 2. The van der Waals surface area contributed by atoms with Crippen molar-refractivity contribution < 1.29 is 0 Å². The van der Waals surface area contributed by atoms with E-state index in [0.717, 1.165) is 22.6 Å². The molecule has 1 aromatic rings. The van der Waals surface area contributed by atoms with Crippen molar-refractivity contribution in [1.82, 2.24) is 5.32 Å². The number of hydrogen-bond donors (Lipinski definition) is 1. The van der Waals surface area contributed by atoms with Crippen LogP contribution in [-0.2, 0) is 0 Å². The molecule has 1 saturated heterocycles. The molecule has 106 valence electrons. The second-order valence-corrected chi connectivity index (χ2v) is 7.56. The number of nitrogens with one attached hydrogen (secondary N) is 1. The third-order valence-corrected chi connectivity index (χ3v) is 4.97. The maximum atomic E-state index is 6.10. The summed E-state index contributed by atoms with van der Waals surface area (Å²) < 4.78 is 0.963. The fraction of sp³-hybridized carbons (Fsp3) is 0.600. The Morgan fingerprint density at radius 1 is 1.42 bits per heavy atom. The highest BCUT2D eigenvalue weighted by molar-refractivity contribution is 9.10. The lowest BCUT2D eigenvalue weighted by atomic mass is 9.92. The zero-order chi connectivity index (χ0) is 14.2. The molecule has 1 fully saturated rings. The standard InChI is InChI=1S/C15H22BrClN2/c1-10(2)14-8-18-15(3,4)9-19(14)11-5-6-13(17)12(16)7-11/h5-7,10,14,18H,8-9H2,1-4H3. The molecule has 0 radical (unpaired) electrons. The molecular weight excluding hydrogens is 324 g/mol. The zero-order valence-corrected chi connectivity index (χ0v) is 14.3. The second kappa shape index (κ2) is 5.63. The van der Waals surface area contributed by atoms with E-state index >= 15 is 0 Å². The average Bonchev–Trinajstić information content (AvgIpc) is 2.31. The van der Waals surface area contributed by atoms with Crippen LogP contribution in [0.15, 0.2) is 22.7 Å². The summed E-state index contributed by atoms with van der Waals surface area (Å²) in [6.07, 6.45) is 0. The van der Waals surface area contributed by atoms with E-state index in [4.69, 9.17) is 11.6 Å². The maximum absolute atomic E-state index is 6.10. The van der Waals surface area contributed by atoms with Crippen molar-refractivity contribution in [2.75, 3.05) is 18.0 Å². The Labute approximate surface area is 129 Å². The fourth-order valence-corrected chi connectivity index (χ4v) is 3.12. The normalized spacial score (nSPS) is 22.9. The van der Waals surface area contributed by atoms with Gasteiger partial charge >= 0.3 is 0 Å². The lowest BCUT2D eigenvalue weighted by Gasteiger charge is -2.47. The van der Waals surface area contributed by atoms with E-state index in [2.05, 4.69) is 66.0 Å². The van der Waals surface area contributed by atoms with Gasteiger partial charge in [0.2, 0.25) is 0 Å². The predicted octanol–water partition coefficient (Wildman–Crippen LogP) is 4.32. The van der Waals surface area contributed by atoms with E-state index in [1.54, 1.807) is 0 Å². The van der Waals surface area contributed by atoms with E-state index in [1.807, 2.05) is 6.07 Å². The van der Waals surface area contributed by atoms with Gasteiger partial charge < -0.3 is 10.2 Å². The molecule has 1 atom stereocenters. The Hall–Kier alpha value is -0.250. The van der Waals surface area contributed by atoms with Crippen molar-refractivity contribution in [2.45, 2.75) is 39.3 Å². The van der Waals surface area contributed by atoms with Gasteiger partial charge in [-0.2, -0.15) is 0 Å². The monoisotopic (exact) mass is 344 g/mol. The van der Waals surface area contributed by atoms with Gasteiger partial charge in [-0.1, -0.05) is 25.4 Å². The van der Waals surface area contributed by atoms with Crippen LogP contribution in [0.3, 0.4) is 0 Å². The van der Waals surface area contributed by atoms with Crippen molar-refractivity contribution >= 4 is 33.2 Å². The van der Waals surface area contributed by atoms with Gasteiger partial charge in [0.05, 0.1) is 5.02 Å². The summed E-state index contributed by atoms with van der Waals surface area (Å²) in [7, 11) is 0. The summed E-state index contributed by atoms with van der Waals surface area (Å²) in [6, 6.07) is 6.72. The lowest BCUT2D eigenvalue weighted by Crippen LogP contribution is -2.63. The smallest absolute Gasteiger partial charge is 0.0549 e. The number of rotatable bonds is 2. The molecule has 0 amide bonds. The van der Waals surface area contributed by atoms with Crippen molar-refractivity contribution in [3.63, 3.8) is 0 Å². The van der Waals surface area contributed by atoms with Crippen LogP contribution in [0.1, 0.15) is 27.7 Å². The van der Waals surface area contributed by atoms with Gasteiger partial charge in [-0.3, -0.25) is 0 Å². The molecule has 0 bridgehead atoms. The van der Waals surface area contributed by atoms with E-state index < -0.39 is 0 Å². The van der Waals surface area contributed by atoms with E-state index in [1.165, 1.54) is 5.69 Å². The first-order valence-electron chi connectivity index (χ1n) is 6.77. The van der Waals surface area contributed by atoms with Crippen LogP contribution in [-0.4, -0.2) is 24.7 Å². The third-order valence-electron chi connectivity index (χ3n) is 3.76. The number of benzene rings is 1. The summed E-state index contributed by atoms with van der Waals surface area (Å²) in [5.74, 6) is 0.609. The molecule has 0 saturated carbocycles. The summed E-state index contributed by atoms with van der Waals surface area (Å²) >= 11 is 9.62. The van der Waals surface area contributed by atoms with Gasteiger partial charge in [0.1, 0.15) is 0 Å². The summed E-state index contributed by atoms with van der Waals surface area (Å²) in [6.45, 7) is 11.1. The van der Waals surface area contributed by atoms with Gasteiger partial charge in [0.25, 0.3) is 0 Å². The minimum absolute atomic E-state index is 0.136. The van der Waals surface area contributed by atoms with Gasteiger partial charge in [0, 0.05) is 34.8 Å². The molecule has 1 aromatic carbocycles. The molecule has 0 aliphatic carbocycles. The topological polar surface area (TPSA) is 15.3 Å². The molecule has 4 heteroatoms. The van der Waals surface area contributed by atoms with Crippen LogP contribution >= 0.6 is 27.5 Å². The van der Waals surface area contributed by atoms with Gasteiger partial charge in [0.15, 0.2) is 0 Å². The molecule has 0 spiro atoms. The minimum Gasteiger partial charge on any atom is -0.365 e. The highest BCUT2D eigenvalue weighted by Crippen LogP contribution is 2.32. The lowest BCUT2D eigenvalue weighted by molar-refractivity contribution is 0.277. The highest BCUT2D eigenvalue weighted by atomic mass is 79.9. The van der Waals surface area contributed by atoms with Crippen LogP contribution in [0, 0.1) is 5.92 Å². The first-order chi connectivity index (χ1) is 8.80. The van der Waals surface area contributed by atoms with Gasteiger partial charge in [-0.25, -0.2) is 0 Å². The number of piperazine rings is 1. The third kappa shape index (κ3) is 3.45. The zero-order valence-electron chi connectivity index (χ0n) is 12.0. The Kier molecular flexibility index (Phi) is 4.49. The van der Waals surface area contributed by atoms with Crippen LogP contribution in [0.5, 0.6) is 0 Å². The minimum atomic E-state index is 0.136. The SMILES string of the molecule is CC(C)C1CNC(C)(C)CN1c1ccc(Cl)c(Br)c1. The Balaban J connectivity index is 2.33. The van der Waals surface area contributed by atoms with Crippen molar-refractivity contribution in [1.29, 1.82) is 0 Å². The Morgan fingerprint density at radius 2 is 2.11 bits per heavy atom. The van der Waals surface area contributed by atoms with Gasteiger partial charge in [-0.15, -0.1) is 0 Å². The number of anilines is 1. The number of nitrogens with zero attached hydrogens (tertiary/aromatic N) is 1. The summed E-state index contributed by atoms with van der Waals surface area (Å²) in [5, 5.41) is 4.40. The van der Waals surface area contributed by atoms with Crippen molar-refractivity contribution in [2.24, 2.45) is 5.92 Å². The van der Waals surface area contributed by atoms with Gasteiger partial charge in [-0.05, 0) is 53.9 Å². The molecule has 1 unspecified atom stereocenters.